The molecule has 10 heteroatoms. The van der Waals surface area contributed by atoms with Crippen molar-refractivity contribution in [3.63, 3.8) is 0 Å². The molecule has 2 aliphatic carbocycles. The SMILES string of the molecule is Cn1cc(C2CCN(C(=O)[C@@H]3C[C@H]4CCCC[C@H]4C3)CC2)c2c(C(F)(F)F)c(N(C#N)C(=O)c3ccccc3)cnc21. The molecule has 0 spiro atoms. The molecule has 6 rings (SSSR count). The van der Waals surface area contributed by atoms with Gasteiger partial charge in [0.2, 0.25) is 5.91 Å². The maximum atomic E-state index is 14.8. The molecule has 1 saturated heterocycles. The number of fused-ring (bicyclic) bond motifs is 2. The number of aromatic nitrogens is 2. The Morgan fingerprint density at radius 2 is 1.67 bits per heavy atom. The van der Waals surface area contributed by atoms with Crippen LogP contribution in [0.3, 0.4) is 0 Å². The fraction of sp³-hybridized carbons (Fsp3) is 0.500. The summed E-state index contributed by atoms with van der Waals surface area (Å²) in [5.41, 5.74) is -0.911. The number of piperidine rings is 1. The number of halogens is 3. The van der Waals surface area contributed by atoms with Gasteiger partial charge in [-0.1, -0.05) is 43.9 Å². The third-order valence-corrected chi connectivity index (χ3v) is 9.68. The standard InChI is InChI=1S/C32H34F3N5O2/c1-38-18-25(20-11-13-39(14-12-20)30(41)24-15-22-9-5-6-10-23(22)16-24)27-28(32(33,34)35)26(17-37-29(27)38)40(19-36)31(42)21-7-3-2-4-8-21/h2-4,7-8,17-18,20,22-24H,5-6,9-16H2,1H3/t22-,23+,24-. The van der Waals surface area contributed by atoms with Gasteiger partial charge in [0.1, 0.15) is 5.65 Å². The topological polar surface area (TPSA) is 82.2 Å². The number of hydrogen-bond acceptors (Lipinski definition) is 4. The third kappa shape index (κ3) is 5.03. The number of amides is 2. The summed E-state index contributed by atoms with van der Waals surface area (Å²) in [5, 5.41) is 9.76. The van der Waals surface area contributed by atoms with Crippen LogP contribution in [0.25, 0.3) is 11.0 Å². The van der Waals surface area contributed by atoms with Crippen LogP contribution in [-0.2, 0) is 18.0 Å². The number of rotatable bonds is 4. The maximum absolute atomic E-state index is 14.8. The normalized spacial score (nSPS) is 23.0. The van der Waals surface area contributed by atoms with Crippen LogP contribution in [0.4, 0.5) is 18.9 Å². The average Bonchev–Trinajstić information content (AvgIpc) is 3.58. The number of likely N-dealkylation sites (tertiary alicyclic amines) is 1. The summed E-state index contributed by atoms with van der Waals surface area (Å²) in [6.45, 7) is 0.994. The number of pyridine rings is 1. The summed E-state index contributed by atoms with van der Waals surface area (Å²) in [5.74, 6) is 0.498. The molecule has 3 atom stereocenters. The first-order valence-corrected chi connectivity index (χ1v) is 14.8. The molecule has 0 radical (unpaired) electrons. The predicted molar refractivity (Wildman–Crippen MR) is 151 cm³/mol. The van der Waals surface area contributed by atoms with Crippen LogP contribution in [0.2, 0.25) is 0 Å². The molecule has 3 fully saturated rings. The van der Waals surface area contributed by atoms with Gasteiger partial charge in [0, 0.05) is 43.2 Å². The molecule has 42 heavy (non-hydrogen) atoms. The van der Waals surface area contributed by atoms with Crippen LogP contribution in [-0.4, -0.2) is 39.4 Å². The molecule has 1 aliphatic heterocycles. The highest BCUT2D eigenvalue weighted by atomic mass is 19.4. The summed E-state index contributed by atoms with van der Waals surface area (Å²) in [7, 11) is 1.65. The van der Waals surface area contributed by atoms with Crippen molar-refractivity contribution in [2.24, 2.45) is 24.8 Å². The predicted octanol–water partition coefficient (Wildman–Crippen LogP) is 6.64. The van der Waals surface area contributed by atoms with Gasteiger partial charge in [0.15, 0.2) is 6.19 Å². The Labute approximate surface area is 242 Å². The van der Waals surface area contributed by atoms with E-state index in [1.54, 1.807) is 42.2 Å². The van der Waals surface area contributed by atoms with Gasteiger partial charge in [0.05, 0.1) is 17.4 Å². The number of benzene rings is 1. The zero-order valence-corrected chi connectivity index (χ0v) is 23.6. The Balaban J connectivity index is 1.29. The molecule has 3 aromatic rings. The summed E-state index contributed by atoms with van der Waals surface area (Å²) in [6.07, 6.45) is 7.38. The second kappa shape index (κ2) is 11.1. The van der Waals surface area contributed by atoms with E-state index in [1.165, 1.54) is 37.8 Å². The number of anilines is 1. The minimum atomic E-state index is -4.85. The molecule has 0 bridgehead atoms. The second-order valence-electron chi connectivity index (χ2n) is 12.1. The Kier molecular flexibility index (Phi) is 7.46. The van der Waals surface area contributed by atoms with Crippen LogP contribution in [0.5, 0.6) is 0 Å². The lowest BCUT2D eigenvalue weighted by Crippen LogP contribution is -2.41. The van der Waals surface area contributed by atoms with Gasteiger partial charge in [-0.15, -0.1) is 0 Å². The zero-order valence-electron chi connectivity index (χ0n) is 23.6. The van der Waals surface area contributed by atoms with Gasteiger partial charge in [-0.25, -0.2) is 9.88 Å². The van der Waals surface area contributed by atoms with Crippen LogP contribution in [0.1, 0.15) is 78.8 Å². The Bertz CT molecular complexity index is 1520. The van der Waals surface area contributed by atoms with Gasteiger partial charge >= 0.3 is 6.18 Å². The number of nitrogens with zero attached hydrogens (tertiary/aromatic N) is 5. The monoisotopic (exact) mass is 577 g/mol. The molecule has 7 nitrogen and oxygen atoms in total. The summed E-state index contributed by atoms with van der Waals surface area (Å²) < 4.78 is 46.0. The van der Waals surface area contributed by atoms with Crippen molar-refractivity contribution in [2.45, 2.75) is 63.5 Å². The molecule has 220 valence electrons. The Morgan fingerprint density at radius 3 is 2.26 bits per heavy atom. The first kappa shape index (κ1) is 28.3. The molecule has 2 aromatic heterocycles. The van der Waals surface area contributed by atoms with Crippen molar-refractivity contribution in [1.82, 2.24) is 14.5 Å². The highest BCUT2D eigenvalue weighted by Crippen LogP contribution is 2.47. The van der Waals surface area contributed by atoms with Crippen molar-refractivity contribution >= 4 is 28.5 Å². The lowest BCUT2D eigenvalue weighted by Gasteiger charge is -2.34. The summed E-state index contributed by atoms with van der Waals surface area (Å²) in [4.78, 5) is 33.2. The van der Waals surface area contributed by atoms with E-state index in [4.69, 9.17) is 0 Å². The second-order valence-corrected chi connectivity index (χ2v) is 12.1. The molecular formula is C32H34F3N5O2. The molecule has 2 saturated carbocycles. The first-order chi connectivity index (χ1) is 20.2. The lowest BCUT2D eigenvalue weighted by molar-refractivity contribution is -0.136. The van der Waals surface area contributed by atoms with Gasteiger partial charge < -0.3 is 9.47 Å². The third-order valence-electron chi connectivity index (χ3n) is 9.68. The quantitative estimate of drug-likeness (QED) is 0.257. The van der Waals surface area contributed by atoms with E-state index in [9.17, 15) is 28.0 Å². The van der Waals surface area contributed by atoms with E-state index in [0.29, 0.717) is 48.2 Å². The molecule has 3 aliphatic rings. The average molecular weight is 578 g/mol. The fourth-order valence-corrected chi connectivity index (χ4v) is 7.65. The van der Waals surface area contributed by atoms with Crippen LogP contribution >= 0.6 is 0 Å². The molecule has 3 heterocycles. The smallest absolute Gasteiger partial charge is 0.342 e. The lowest BCUT2D eigenvalue weighted by atomic mass is 9.82. The van der Waals surface area contributed by atoms with E-state index in [1.807, 2.05) is 4.90 Å². The number of hydrogen-bond donors (Lipinski definition) is 0. The van der Waals surface area contributed by atoms with Crippen molar-refractivity contribution in [1.29, 1.82) is 5.26 Å². The van der Waals surface area contributed by atoms with E-state index in [2.05, 4.69) is 4.98 Å². The highest BCUT2D eigenvalue weighted by molar-refractivity contribution is 6.09. The number of aryl methyl sites for hydroxylation is 1. The van der Waals surface area contributed by atoms with Crippen LogP contribution < -0.4 is 4.90 Å². The molecule has 0 unspecified atom stereocenters. The van der Waals surface area contributed by atoms with E-state index >= 15 is 0 Å². The Morgan fingerprint density at radius 1 is 1.02 bits per heavy atom. The maximum Gasteiger partial charge on any atom is 0.419 e. The molecule has 2 amide bonds. The minimum absolute atomic E-state index is 0.0647. The number of nitriles is 1. The summed E-state index contributed by atoms with van der Waals surface area (Å²) >= 11 is 0. The first-order valence-electron chi connectivity index (χ1n) is 14.8. The largest absolute Gasteiger partial charge is 0.419 e. The van der Waals surface area contributed by atoms with Crippen molar-refractivity contribution in [3.8, 4) is 6.19 Å². The van der Waals surface area contributed by atoms with Gasteiger partial charge in [-0.3, -0.25) is 9.59 Å². The molecular weight excluding hydrogens is 543 g/mol. The number of carbonyl (C=O) groups excluding carboxylic acids is 2. The molecule has 0 N–H and O–H groups in total. The zero-order chi connectivity index (χ0) is 29.6. The van der Waals surface area contributed by atoms with E-state index in [0.717, 1.165) is 19.0 Å². The fourth-order valence-electron chi connectivity index (χ4n) is 7.65. The van der Waals surface area contributed by atoms with E-state index < -0.39 is 23.3 Å². The molecule has 1 aromatic carbocycles. The van der Waals surface area contributed by atoms with E-state index in [-0.39, 0.29) is 34.3 Å². The van der Waals surface area contributed by atoms with Gasteiger partial charge in [0.25, 0.3) is 5.91 Å². The van der Waals surface area contributed by atoms with Crippen LogP contribution in [0.15, 0.2) is 42.7 Å². The van der Waals surface area contributed by atoms with Gasteiger partial charge in [-0.2, -0.15) is 18.4 Å². The highest BCUT2D eigenvalue weighted by Gasteiger charge is 2.43. The van der Waals surface area contributed by atoms with Crippen molar-refractivity contribution < 1.29 is 22.8 Å². The van der Waals surface area contributed by atoms with Crippen molar-refractivity contribution in [3.05, 3.63) is 59.4 Å². The van der Waals surface area contributed by atoms with Crippen molar-refractivity contribution in [2.75, 3.05) is 18.0 Å². The summed E-state index contributed by atoms with van der Waals surface area (Å²) in [6, 6.07) is 7.75. The minimum Gasteiger partial charge on any atom is -0.342 e. The van der Waals surface area contributed by atoms with Gasteiger partial charge in [-0.05, 0) is 61.1 Å². The van der Waals surface area contributed by atoms with Crippen LogP contribution in [0, 0.1) is 29.2 Å². The Hall–Kier alpha value is -3.87. The number of alkyl halides is 3. The number of carbonyl (C=O) groups is 2.